The highest BCUT2D eigenvalue weighted by Crippen LogP contribution is 2.26. The Bertz CT molecular complexity index is 849. The lowest BCUT2D eigenvalue weighted by Gasteiger charge is -2.16. The second kappa shape index (κ2) is 7.03. The summed E-state index contributed by atoms with van der Waals surface area (Å²) >= 11 is 12.1. The lowest BCUT2D eigenvalue weighted by molar-refractivity contribution is 0.0940. The van der Waals surface area contributed by atoms with Crippen molar-refractivity contribution in [1.29, 1.82) is 0 Å². The van der Waals surface area contributed by atoms with Crippen molar-refractivity contribution in [2.75, 3.05) is 0 Å². The van der Waals surface area contributed by atoms with Crippen molar-refractivity contribution in [2.45, 2.75) is 13.0 Å². The van der Waals surface area contributed by atoms with Gasteiger partial charge in [-0.15, -0.1) is 10.2 Å². The fourth-order valence-electron chi connectivity index (χ4n) is 2.27. The van der Waals surface area contributed by atoms with E-state index in [0.29, 0.717) is 21.5 Å². The first-order chi connectivity index (χ1) is 11.5. The van der Waals surface area contributed by atoms with Gasteiger partial charge >= 0.3 is 0 Å². The second-order valence-electron chi connectivity index (χ2n) is 5.18. The van der Waals surface area contributed by atoms with Gasteiger partial charge in [-0.2, -0.15) is 0 Å². The van der Waals surface area contributed by atoms with Crippen LogP contribution in [0.1, 0.15) is 28.9 Å². The van der Waals surface area contributed by atoms with Crippen molar-refractivity contribution in [1.82, 2.24) is 15.5 Å². The van der Waals surface area contributed by atoms with Gasteiger partial charge in [0, 0.05) is 21.2 Å². The maximum Gasteiger partial charge on any atom is 0.251 e. The SMILES string of the molecule is C[C@H](NC(=O)c1ccc(-c2nnco2)cc1)c1ccc(Cl)cc1Cl. The van der Waals surface area contributed by atoms with Gasteiger partial charge in [-0.3, -0.25) is 4.79 Å². The van der Waals surface area contributed by atoms with Crippen LogP contribution in [0.25, 0.3) is 11.5 Å². The first-order valence-electron chi connectivity index (χ1n) is 7.17. The fourth-order valence-corrected chi connectivity index (χ4v) is 2.85. The largest absolute Gasteiger partial charge is 0.423 e. The third kappa shape index (κ3) is 3.58. The maximum absolute atomic E-state index is 12.4. The van der Waals surface area contributed by atoms with E-state index < -0.39 is 0 Å². The van der Waals surface area contributed by atoms with Crippen molar-refractivity contribution in [2.24, 2.45) is 0 Å². The quantitative estimate of drug-likeness (QED) is 0.740. The van der Waals surface area contributed by atoms with Crippen LogP contribution in [0.2, 0.25) is 10.0 Å². The minimum Gasteiger partial charge on any atom is -0.423 e. The van der Waals surface area contributed by atoms with Crippen LogP contribution < -0.4 is 5.32 Å². The van der Waals surface area contributed by atoms with Crippen molar-refractivity contribution in [3.8, 4) is 11.5 Å². The second-order valence-corrected chi connectivity index (χ2v) is 6.03. The highest BCUT2D eigenvalue weighted by atomic mass is 35.5. The maximum atomic E-state index is 12.4. The third-order valence-electron chi connectivity index (χ3n) is 3.53. The van der Waals surface area contributed by atoms with Crippen LogP contribution in [0.15, 0.2) is 53.3 Å². The van der Waals surface area contributed by atoms with Crippen LogP contribution in [0.5, 0.6) is 0 Å². The molecule has 0 radical (unpaired) electrons. The van der Waals surface area contributed by atoms with Crippen LogP contribution in [0.3, 0.4) is 0 Å². The molecule has 0 fully saturated rings. The molecule has 1 amide bonds. The monoisotopic (exact) mass is 361 g/mol. The van der Waals surface area contributed by atoms with Gasteiger partial charge in [-0.1, -0.05) is 29.3 Å². The first kappa shape index (κ1) is 16.5. The zero-order chi connectivity index (χ0) is 17.1. The van der Waals surface area contributed by atoms with E-state index in [0.717, 1.165) is 11.1 Å². The molecule has 1 N–H and O–H groups in total. The van der Waals surface area contributed by atoms with E-state index in [9.17, 15) is 4.79 Å². The summed E-state index contributed by atoms with van der Waals surface area (Å²) in [5.74, 6) is 0.203. The van der Waals surface area contributed by atoms with Gasteiger partial charge in [-0.05, 0) is 48.9 Å². The Hall–Kier alpha value is -2.37. The Morgan fingerprint density at radius 2 is 1.92 bits per heavy atom. The van der Waals surface area contributed by atoms with Crippen LogP contribution in [-0.2, 0) is 0 Å². The molecule has 7 heteroatoms. The molecule has 1 aromatic heterocycles. The van der Waals surface area contributed by atoms with Crippen LogP contribution in [-0.4, -0.2) is 16.1 Å². The zero-order valence-corrected chi connectivity index (χ0v) is 14.2. The summed E-state index contributed by atoms with van der Waals surface area (Å²) in [6.07, 6.45) is 1.26. The van der Waals surface area contributed by atoms with Crippen molar-refractivity contribution in [3.63, 3.8) is 0 Å². The molecule has 0 saturated carbocycles. The van der Waals surface area contributed by atoms with Gasteiger partial charge in [0.15, 0.2) is 0 Å². The van der Waals surface area contributed by atoms with Gasteiger partial charge < -0.3 is 9.73 Å². The van der Waals surface area contributed by atoms with Gasteiger partial charge in [0.05, 0.1) is 6.04 Å². The molecule has 122 valence electrons. The smallest absolute Gasteiger partial charge is 0.251 e. The minimum atomic E-state index is -0.252. The summed E-state index contributed by atoms with van der Waals surface area (Å²) in [6, 6.07) is 11.8. The number of rotatable bonds is 4. The molecule has 0 saturated heterocycles. The van der Waals surface area contributed by atoms with Crippen molar-refractivity contribution in [3.05, 3.63) is 70.0 Å². The van der Waals surface area contributed by atoms with Crippen LogP contribution in [0, 0.1) is 0 Å². The molecule has 5 nitrogen and oxygen atoms in total. The van der Waals surface area contributed by atoms with E-state index in [1.807, 2.05) is 6.92 Å². The molecule has 0 aliphatic rings. The number of benzene rings is 2. The summed E-state index contributed by atoms with van der Waals surface area (Å²) in [4.78, 5) is 12.4. The highest BCUT2D eigenvalue weighted by molar-refractivity contribution is 6.35. The standard InChI is InChI=1S/C17H13Cl2N3O2/c1-10(14-7-6-13(18)8-15(14)19)21-16(23)11-2-4-12(5-3-11)17-22-20-9-24-17/h2-10H,1H3,(H,21,23)/t10-/m0/s1. The molecule has 0 unspecified atom stereocenters. The van der Waals surface area contributed by atoms with Crippen LogP contribution >= 0.6 is 23.2 Å². The lowest BCUT2D eigenvalue weighted by atomic mass is 10.1. The predicted octanol–water partition coefficient (Wildman–Crippen LogP) is 4.53. The number of aromatic nitrogens is 2. The summed E-state index contributed by atoms with van der Waals surface area (Å²) in [6.45, 7) is 1.86. The van der Waals surface area contributed by atoms with E-state index in [-0.39, 0.29) is 11.9 Å². The Balaban J connectivity index is 1.72. The Labute approximate surface area is 148 Å². The Morgan fingerprint density at radius 1 is 1.17 bits per heavy atom. The number of nitrogens with zero attached hydrogens (tertiary/aromatic N) is 2. The number of hydrogen-bond donors (Lipinski definition) is 1. The average Bonchev–Trinajstić information content (AvgIpc) is 3.09. The molecular weight excluding hydrogens is 349 g/mol. The summed E-state index contributed by atoms with van der Waals surface area (Å²) in [7, 11) is 0. The van der Waals surface area contributed by atoms with E-state index >= 15 is 0 Å². The number of carbonyl (C=O) groups is 1. The van der Waals surface area contributed by atoms with Crippen molar-refractivity contribution < 1.29 is 9.21 Å². The minimum absolute atomic E-state index is 0.203. The number of carbonyl (C=O) groups excluding carboxylic acids is 1. The molecule has 0 spiro atoms. The molecular formula is C17H13Cl2N3O2. The molecule has 1 heterocycles. The van der Waals surface area contributed by atoms with Crippen LogP contribution in [0.4, 0.5) is 0 Å². The topological polar surface area (TPSA) is 68.0 Å². The Morgan fingerprint density at radius 3 is 2.54 bits per heavy atom. The number of nitrogens with one attached hydrogen (secondary N) is 1. The summed E-state index contributed by atoms with van der Waals surface area (Å²) < 4.78 is 5.12. The van der Waals surface area contributed by atoms with Gasteiger partial charge in [0.2, 0.25) is 12.3 Å². The molecule has 24 heavy (non-hydrogen) atoms. The molecule has 0 bridgehead atoms. The predicted molar refractivity (Wildman–Crippen MR) is 92.1 cm³/mol. The van der Waals surface area contributed by atoms with Gasteiger partial charge in [0.25, 0.3) is 5.91 Å². The summed E-state index contributed by atoms with van der Waals surface area (Å²) in [5.41, 5.74) is 2.07. The molecule has 3 rings (SSSR count). The average molecular weight is 362 g/mol. The molecule has 2 aromatic carbocycles. The molecule has 1 atom stereocenters. The van der Waals surface area contributed by atoms with E-state index in [1.165, 1.54) is 6.39 Å². The third-order valence-corrected chi connectivity index (χ3v) is 4.09. The number of amides is 1. The fraction of sp³-hybridized carbons (Fsp3) is 0.118. The van der Waals surface area contributed by atoms with Gasteiger partial charge in [0.1, 0.15) is 0 Å². The van der Waals surface area contributed by atoms with Gasteiger partial charge in [-0.25, -0.2) is 0 Å². The van der Waals surface area contributed by atoms with E-state index in [4.69, 9.17) is 27.6 Å². The summed E-state index contributed by atoms with van der Waals surface area (Å²) in [5, 5.41) is 11.4. The van der Waals surface area contributed by atoms with E-state index in [2.05, 4.69) is 15.5 Å². The van der Waals surface area contributed by atoms with Crippen molar-refractivity contribution >= 4 is 29.1 Å². The Kier molecular flexibility index (Phi) is 4.83. The molecule has 0 aliphatic carbocycles. The van der Waals surface area contributed by atoms with E-state index in [1.54, 1.807) is 42.5 Å². The number of hydrogen-bond acceptors (Lipinski definition) is 4. The normalized spacial score (nSPS) is 12.0. The molecule has 3 aromatic rings. The first-order valence-corrected chi connectivity index (χ1v) is 7.92. The number of halogens is 2. The highest BCUT2D eigenvalue weighted by Gasteiger charge is 2.14. The zero-order valence-electron chi connectivity index (χ0n) is 12.7. The molecule has 0 aliphatic heterocycles. The lowest BCUT2D eigenvalue weighted by Crippen LogP contribution is -2.26.